The van der Waals surface area contributed by atoms with E-state index in [1.165, 1.54) is 12.8 Å². The molecule has 1 saturated carbocycles. The van der Waals surface area contributed by atoms with E-state index in [1.54, 1.807) is 0 Å². The van der Waals surface area contributed by atoms with Gasteiger partial charge in [-0.1, -0.05) is 12.8 Å². The van der Waals surface area contributed by atoms with Gasteiger partial charge in [0.2, 0.25) is 0 Å². The van der Waals surface area contributed by atoms with E-state index in [4.69, 9.17) is 21.7 Å². The lowest BCUT2D eigenvalue weighted by atomic mass is 9.92. The maximum Gasteiger partial charge on any atom is 0.328 e. The largest absolute Gasteiger partial charge is 0.478 e. The summed E-state index contributed by atoms with van der Waals surface area (Å²) in [6, 6.07) is 0.562. The zero-order chi connectivity index (χ0) is 12.6. The highest BCUT2D eigenvalue weighted by Gasteiger charge is 2.16. The predicted octanol–water partition coefficient (Wildman–Crippen LogP) is -0.0732. The van der Waals surface area contributed by atoms with Gasteiger partial charge in [-0.15, -0.1) is 0 Å². The molecule has 1 aliphatic rings. The topological polar surface area (TPSA) is 127 Å². The molecule has 0 amide bonds. The molecule has 1 rings (SSSR count). The normalized spacial score (nSPS) is 24.6. The molecule has 0 saturated heterocycles. The van der Waals surface area contributed by atoms with Crippen LogP contribution >= 0.6 is 0 Å². The fraction of sp³-hybridized carbons (Fsp3) is 0.600. The first-order chi connectivity index (χ1) is 7.43. The number of aliphatic carboxylic acids is 2. The lowest BCUT2D eigenvalue weighted by Crippen LogP contribution is -2.43. The molecule has 0 aromatic carbocycles. The van der Waals surface area contributed by atoms with Crippen molar-refractivity contribution in [2.45, 2.75) is 37.8 Å². The molecule has 0 aromatic rings. The number of hydrogen-bond donors (Lipinski definition) is 4. The van der Waals surface area contributed by atoms with Crippen LogP contribution in [-0.2, 0) is 9.59 Å². The summed E-state index contributed by atoms with van der Waals surface area (Å²) in [4.78, 5) is 19.1. The Morgan fingerprint density at radius 1 is 0.938 bits per heavy atom. The second-order valence-electron chi connectivity index (χ2n) is 3.62. The van der Waals surface area contributed by atoms with Crippen LogP contribution in [0.5, 0.6) is 0 Å². The van der Waals surface area contributed by atoms with Crippen LogP contribution < -0.4 is 11.5 Å². The van der Waals surface area contributed by atoms with Gasteiger partial charge in [0.05, 0.1) is 0 Å². The molecule has 0 bridgehead atoms. The molecule has 0 aromatic heterocycles. The Balaban J connectivity index is 0.000000281. The van der Waals surface area contributed by atoms with Gasteiger partial charge in [0.15, 0.2) is 0 Å². The number of carbonyl (C=O) groups is 2. The van der Waals surface area contributed by atoms with Gasteiger partial charge in [0.1, 0.15) is 0 Å². The van der Waals surface area contributed by atoms with E-state index in [2.05, 4.69) is 0 Å². The van der Waals surface area contributed by atoms with Crippen LogP contribution in [0.2, 0.25) is 0 Å². The summed E-state index contributed by atoms with van der Waals surface area (Å²) < 4.78 is 0. The van der Waals surface area contributed by atoms with Crippen molar-refractivity contribution in [3.63, 3.8) is 0 Å². The first-order valence-electron chi connectivity index (χ1n) is 5.08. The Morgan fingerprint density at radius 2 is 1.25 bits per heavy atom. The standard InChI is InChI=1S/C6H14N2.C4H4O4/c7-5-3-1-2-4-6(5)8;5-3(6)1-2-4(7)8/h5-6H,1-4,7-8H2;1-2H,(H,5,6)(H,7,8)/b;2-1-/t5-,6-;/m1./s1. The molecule has 0 spiro atoms. The summed E-state index contributed by atoms with van der Waals surface area (Å²) in [5.74, 6) is -2.51. The molecule has 92 valence electrons. The monoisotopic (exact) mass is 230 g/mol. The van der Waals surface area contributed by atoms with E-state index in [0.29, 0.717) is 12.2 Å². The fourth-order valence-electron chi connectivity index (χ4n) is 1.33. The van der Waals surface area contributed by atoms with Crippen LogP contribution in [0.4, 0.5) is 0 Å². The van der Waals surface area contributed by atoms with Gasteiger partial charge in [-0.25, -0.2) is 9.59 Å². The Kier molecular flexibility index (Phi) is 7.15. The summed E-state index contributed by atoms with van der Waals surface area (Å²) in [5.41, 5.74) is 11.3. The first-order valence-corrected chi connectivity index (χ1v) is 5.08. The zero-order valence-electron chi connectivity index (χ0n) is 9.00. The lowest BCUT2D eigenvalue weighted by Gasteiger charge is -2.24. The lowest BCUT2D eigenvalue weighted by molar-refractivity contribution is -0.134. The van der Waals surface area contributed by atoms with Crippen LogP contribution in [0, 0.1) is 0 Å². The van der Waals surface area contributed by atoms with Crippen molar-refractivity contribution in [1.82, 2.24) is 0 Å². The van der Waals surface area contributed by atoms with Crippen molar-refractivity contribution >= 4 is 11.9 Å². The van der Waals surface area contributed by atoms with Crippen molar-refractivity contribution < 1.29 is 19.8 Å². The van der Waals surface area contributed by atoms with E-state index in [9.17, 15) is 9.59 Å². The predicted molar refractivity (Wildman–Crippen MR) is 58.8 cm³/mol. The molecule has 6 heteroatoms. The SMILES string of the molecule is N[C@@H]1CCCC[C@H]1N.O=C(O)/C=C\C(=O)O. The molecule has 6 nitrogen and oxygen atoms in total. The molecule has 1 fully saturated rings. The molecule has 0 heterocycles. The molecule has 16 heavy (non-hydrogen) atoms. The van der Waals surface area contributed by atoms with Crippen molar-refractivity contribution in [2.75, 3.05) is 0 Å². The van der Waals surface area contributed by atoms with Gasteiger partial charge in [-0.05, 0) is 12.8 Å². The van der Waals surface area contributed by atoms with Crippen LogP contribution in [0.3, 0.4) is 0 Å². The number of carboxylic acid groups (broad SMARTS) is 2. The molecule has 0 unspecified atom stereocenters. The average molecular weight is 230 g/mol. The number of rotatable bonds is 2. The Labute approximate surface area is 93.9 Å². The Morgan fingerprint density at radius 3 is 1.44 bits per heavy atom. The van der Waals surface area contributed by atoms with Gasteiger partial charge in [-0.2, -0.15) is 0 Å². The number of nitrogens with two attached hydrogens (primary N) is 2. The molecular weight excluding hydrogens is 212 g/mol. The van der Waals surface area contributed by atoms with Crippen LogP contribution in [-0.4, -0.2) is 34.2 Å². The average Bonchev–Trinajstić information content (AvgIpc) is 2.20. The van der Waals surface area contributed by atoms with Crippen LogP contribution in [0.15, 0.2) is 12.2 Å². The van der Waals surface area contributed by atoms with Crippen molar-refractivity contribution in [1.29, 1.82) is 0 Å². The van der Waals surface area contributed by atoms with Crippen LogP contribution in [0.1, 0.15) is 25.7 Å². The highest BCUT2D eigenvalue weighted by Crippen LogP contribution is 2.14. The summed E-state index contributed by atoms with van der Waals surface area (Å²) in [5, 5.41) is 15.6. The van der Waals surface area contributed by atoms with Crippen molar-refractivity contribution in [3.8, 4) is 0 Å². The second-order valence-corrected chi connectivity index (χ2v) is 3.62. The number of carboxylic acids is 2. The van der Waals surface area contributed by atoms with Gasteiger partial charge in [-0.3, -0.25) is 0 Å². The maximum atomic E-state index is 9.55. The first kappa shape index (κ1) is 14.6. The van der Waals surface area contributed by atoms with Gasteiger partial charge in [0.25, 0.3) is 0 Å². The molecule has 1 aliphatic carbocycles. The number of hydrogen-bond acceptors (Lipinski definition) is 4. The van der Waals surface area contributed by atoms with E-state index in [-0.39, 0.29) is 12.1 Å². The molecule has 0 radical (unpaired) electrons. The third-order valence-corrected chi connectivity index (χ3v) is 2.24. The minimum Gasteiger partial charge on any atom is -0.478 e. The third kappa shape index (κ3) is 7.95. The molecule has 6 N–H and O–H groups in total. The van der Waals surface area contributed by atoms with Crippen LogP contribution in [0.25, 0.3) is 0 Å². The smallest absolute Gasteiger partial charge is 0.328 e. The summed E-state index contributed by atoms with van der Waals surface area (Å²) in [7, 11) is 0. The zero-order valence-corrected chi connectivity index (χ0v) is 9.00. The summed E-state index contributed by atoms with van der Waals surface area (Å²) in [6.45, 7) is 0. The molecule has 2 atom stereocenters. The maximum absolute atomic E-state index is 9.55. The molecular formula is C10H18N2O4. The Bertz CT molecular complexity index is 240. The van der Waals surface area contributed by atoms with E-state index < -0.39 is 11.9 Å². The highest BCUT2D eigenvalue weighted by molar-refractivity contribution is 5.89. The second kappa shape index (κ2) is 7.84. The van der Waals surface area contributed by atoms with E-state index in [0.717, 1.165) is 12.8 Å². The minimum atomic E-state index is -1.26. The van der Waals surface area contributed by atoms with Gasteiger partial charge >= 0.3 is 11.9 Å². The quantitative estimate of drug-likeness (QED) is 0.492. The van der Waals surface area contributed by atoms with Crippen molar-refractivity contribution in [3.05, 3.63) is 12.2 Å². The Hall–Kier alpha value is -1.40. The van der Waals surface area contributed by atoms with Gasteiger partial charge < -0.3 is 21.7 Å². The highest BCUT2D eigenvalue weighted by atomic mass is 16.4. The summed E-state index contributed by atoms with van der Waals surface area (Å²) >= 11 is 0. The van der Waals surface area contributed by atoms with E-state index in [1.807, 2.05) is 0 Å². The van der Waals surface area contributed by atoms with Crippen molar-refractivity contribution in [2.24, 2.45) is 11.5 Å². The van der Waals surface area contributed by atoms with Gasteiger partial charge in [0, 0.05) is 24.2 Å². The minimum absolute atomic E-state index is 0.281. The van der Waals surface area contributed by atoms with E-state index >= 15 is 0 Å². The summed E-state index contributed by atoms with van der Waals surface area (Å²) in [6.07, 6.45) is 5.91. The fourth-order valence-corrected chi connectivity index (χ4v) is 1.33. The third-order valence-electron chi connectivity index (χ3n) is 2.24. The molecule has 0 aliphatic heterocycles.